The lowest BCUT2D eigenvalue weighted by molar-refractivity contribution is 1.23. The Balaban J connectivity index is 2.07. The number of fused-ring (bicyclic) bond motifs is 1. The normalized spacial score (nSPS) is 14.1. The molecular weight excluding hydrogens is 204 g/mol. The average Bonchev–Trinajstić information content (AvgIpc) is 2.40. The van der Waals surface area contributed by atoms with E-state index < -0.39 is 0 Å². The van der Waals surface area contributed by atoms with E-state index in [0.717, 1.165) is 12.0 Å². The molecule has 3 rings (SSSR count). The SMILES string of the molecule is C=C1C(c2ccccc2)=CCc2ccccc21. The van der Waals surface area contributed by atoms with Crippen molar-refractivity contribution < 1.29 is 0 Å². The van der Waals surface area contributed by atoms with Crippen LogP contribution in [0.2, 0.25) is 0 Å². The summed E-state index contributed by atoms with van der Waals surface area (Å²) < 4.78 is 0. The molecule has 2 aromatic carbocycles. The van der Waals surface area contributed by atoms with E-state index in [1.54, 1.807) is 0 Å². The Bertz CT molecular complexity index is 588. The summed E-state index contributed by atoms with van der Waals surface area (Å²) in [5, 5.41) is 0. The van der Waals surface area contributed by atoms with Crippen LogP contribution in [0.1, 0.15) is 16.7 Å². The molecule has 0 unspecified atom stereocenters. The van der Waals surface area contributed by atoms with E-state index in [9.17, 15) is 0 Å². The van der Waals surface area contributed by atoms with Gasteiger partial charge in [0.15, 0.2) is 0 Å². The van der Waals surface area contributed by atoms with Crippen molar-refractivity contribution in [1.29, 1.82) is 0 Å². The summed E-state index contributed by atoms with van der Waals surface area (Å²) in [6, 6.07) is 19.0. The standard InChI is InChI=1S/C17H14/c1-13-16-10-6-5-9-15(16)11-12-17(13)14-7-3-2-4-8-14/h2-10,12H,1,11H2. The van der Waals surface area contributed by atoms with E-state index in [1.807, 2.05) is 6.07 Å². The van der Waals surface area contributed by atoms with Crippen LogP contribution in [0.15, 0.2) is 67.3 Å². The second kappa shape index (κ2) is 4.06. The smallest absolute Gasteiger partial charge is 0.00819 e. The third-order valence-corrected chi connectivity index (χ3v) is 3.28. The summed E-state index contributed by atoms with van der Waals surface area (Å²) in [5.74, 6) is 0. The second-order valence-corrected chi connectivity index (χ2v) is 4.32. The number of allylic oxidation sites excluding steroid dienone is 3. The molecule has 0 saturated heterocycles. The van der Waals surface area contributed by atoms with Gasteiger partial charge in [0.25, 0.3) is 0 Å². The molecule has 0 bridgehead atoms. The molecule has 0 spiro atoms. The molecular formula is C17H14. The van der Waals surface area contributed by atoms with Crippen molar-refractivity contribution in [3.05, 3.63) is 83.9 Å². The molecule has 82 valence electrons. The van der Waals surface area contributed by atoms with Crippen molar-refractivity contribution in [2.45, 2.75) is 6.42 Å². The van der Waals surface area contributed by atoms with Gasteiger partial charge in [-0.1, -0.05) is 67.3 Å². The third kappa shape index (κ3) is 1.72. The molecule has 0 aromatic heterocycles. The molecule has 0 heteroatoms. The first kappa shape index (κ1) is 10.1. The quantitative estimate of drug-likeness (QED) is 0.668. The summed E-state index contributed by atoms with van der Waals surface area (Å²) in [7, 11) is 0. The third-order valence-electron chi connectivity index (χ3n) is 3.28. The maximum absolute atomic E-state index is 4.25. The first-order chi connectivity index (χ1) is 8.36. The highest BCUT2D eigenvalue weighted by molar-refractivity contribution is 6.05. The van der Waals surface area contributed by atoms with Crippen molar-refractivity contribution in [3.63, 3.8) is 0 Å². The average molecular weight is 218 g/mol. The molecule has 1 aliphatic rings. The fraction of sp³-hybridized carbons (Fsp3) is 0.0588. The monoisotopic (exact) mass is 218 g/mol. The van der Waals surface area contributed by atoms with E-state index in [4.69, 9.17) is 0 Å². The molecule has 0 N–H and O–H groups in total. The Hall–Kier alpha value is -2.08. The fourth-order valence-corrected chi connectivity index (χ4v) is 2.38. The number of benzene rings is 2. The first-order valence-electron chi connectivity index (χ1n) is 5.89. The van der Waals surface area contributed by atoms with E-state index in [0.29, 0.717) is 0 Å². The predicted octanol–water partition coefficient (Wildman–Crippen LogP) is 4.34. The number of rotatable bonds is 1. The summed E-state index contributed by atoms with van der Waals surface area (Å²) in [6.07, 6.45) is 3.28. The Morgan fingerprint density at radius 1 is 0.824 bits per heavy atom. The largest absolute Gasteiger partial charge is 0.0905 e. The summed E-state index contributed by atoms with van der Waals surface area (Å²) >= 11 is 0. The van der Waals surface area contributed by atoms with Crippen LogP contribution in [-0.2, 0) is 6.42 Å². The van der Waals surface area contributed by atoms with Crippen molar-refractivity contribution in [2.75, 3.05) is 0 Å². The molecule has 0 aliphatic heterocycles. The zero-order chi connectivity index (χ0) is 11.7. The fourth-order valence-electron chi connectivity index (χ4n) is 2.38. The summed E-state index contributed by atoms with van der Waals surface area (Å²) in [4.78, 5) is 0. The highest BCUT2D eigenvalue weighted by Gasteiger charge is 2.15. The second-order valence-electron chi connectivity index (χ2n) is 4.32. The van der Waals surface area contributed by atoms with E-state index >= 15 is 0 Å². The van der Waals surface area contributed by atoms with Crippen LogP contribution >= 0.6 is 0 Å². The lowest BCUT2D eigenvalue weighted by Crippen LogP contribution is -2.00. The summed E-state index contributed by atoms with van der Waals surface area (Å²) in [5.41, 5.74) is 6.32. The molecule has 0 heterocycles. The van der Waals surface area contributed by atoms with E-state index in [1.165, 1.54) is 22.3 Å². The lowest BCUT2D eigenvalue weighted by atomic mass is 9.85. The maximum Gasteiger partial charge on any atom is -0.00819 e. The Labute approximate surface area is 102 Å². The number of hydrogen-bond donors (Lipinski definition) is 0. The van der Waals surface area contributed by atoms with Gasteiger partial charge in [0.2, 0.25) is 0 Å². The van der Waals surface area contributed by atoms with Gasteiger partial charge in [0.1, 0.15) is 0 Å². The van der Waals surface area contributed by atoms with E-state index in [-0.39, 0.29) is 0 Å². The van der Waals surface area contributed by atoms with Gasteiger partial charge in [-0.05, 0) is 34.3 Å². The van der Waals surface area contributed by atoms with Crippen LogP contribution in [0.5, 0.6) is 0 Å². The van der Waals surface area contributed by atoms with Gasteiger partial charge in [-0.2, -0.15) is 0 Å². The molecule has 2 aromatic rings. The van der Waals surface area contributed by atoms with Crippen LogP contribution in [0.4, 0.5) is 0 Å². The minimum atomic E-state index is 0.999. The van der Waals surface area contributed by atoms with Gasteiger partial charge in [0, 0.05) is 0 Å². The minimum absolute atomic E-state index is 0.999. The Morgan fingerprint density at radius 3 is 2.35 bits per heavy atom. The molecule has 0 amide bonds. The zero-order valence-electron chi connectivity index (χ0n) is 9.69. The Morgan fingerprint density at radius 2 is 1.53 bits per heavy atom. The predicted molar refractivity (Wildman–Crippen MR) is 73.6 cm³/mol. The van der Waals surface area contributed by atoms with Crippen molar-refractivity contribution >= 4 is 11.1 Å². The molecule has 0 fully saturated rings. The molecule has 0 saturated carbocycles. The highest BCUT2D eigenvalue weighted by atomic mass is 14.2. The molecule has 0 nitrogen and oxygen atoms in total. The zero-order valence-corrected chi connectivity index (χ0v) is 9.69. The van der Waals surface area contributed by atoms with Crippen molar-refractivity contribution in [3.8, 4) is 0 Å². The van der Waals surface area contributed by atoms with Gasteiger partial charge < -0.3 is 0 Å². The lowest BCUT2D eigenvalue weighted by Gasteiger charge is -2.19. The van der Waals surface area contributed by atoms with Gasteiger partial charge in [-0.3, -0.25) is 0 Å². The van der Waals surface area contributed by atoms with E-state index in [2.05, 4.69) is 61.2 Å². The van der Waals surface area contributed by atoms with Crippen LogP contribution in [0.3, 0.4) is 0 Å². The van der Waals surface area contributed by atoms with Gasteiger partial charge in [-0.25, -0.2) is 0 Å². The minimum Gasteiger partial charge on any atom is -0.0905 e. The molecule has 0 atom stereocenters. The van der Waals surface area contributed by atoms with Gasteiger partial charge in [-0.15, -0.1) is 0 Å². The summed E-state index contributed by atoms with van der Waals surface area (Å²) in [6.45, 7) is 4.25. The molecule has 1 aliphatic carbocycles. The van der Waals surface area contributed by atoms with Crippen molar-refractivity contribution in [2.24, 2.45) is 0 Å². The first-order valence-corrected chi connectivity index (χ1v) is 5.89. The topological polar surface area (TPSA) is 0 Å². The Kier molecular flexibility index (Phi) is 2.41. The van der Waals surface area contributed by atoms with Crippen LogP contribution < -0.4 is 0 Å². The van der Waals surface area contributed by atoms with Gasteiger partial charge >= 0.3 is 0 Å². The van der Waals surface area contributed by atoms with Gasteiger partial charge in [0.05, 0.1) is 0 Å². The van der Waals surface area contributed by atoms with Crippen molar-refractivity contribution in [1.82, 2.24) is 0 Å². The van der Waals surface area contributed by atoms with Crippen LogP contribution in [-0.4, -0.2) is 0 Å². The maximum atomic E-state index is 4.25. The molecule has 17 heavy (non-hydrogen) atoms. The number of hydrogen-bond acceptors (Lipinski definition) is 0. The van der Waals surface area contributed by atoms with Crippen LogP contribution in [0, 0.1) is 0 Å². The van der Waals surface area contributed by atoms with Crippen LogP contribution in [0.25, 0.3) is 11.1 Å². The highest BCUT2D eigenvalue weighted by Crippen LogP contribution is 2.35. The molecule has 0 radical (unpaired) electrons.